The van der Waals surface area contributed by atoms with Gasteiger partial charge in [0.25, 0.3) is 0 Å². The van der Waals surface area contributed by atoms with E-state index in [9.17, 15) is 14.7 Å². The van der Waals surface area contributed by atoms with Gasteiger partial charge in [-0.1, -0.05) is 42.5 Å². The molecule has 194 valence electrons. The molecule has 1 atom stereocenters. The van der Waals surface area contributed by atoms with Gasteiger partial charge in [-0.05, 0) is 55.7 Å². The summed E-state index contributed by atoms with van der Waals surface area (Å²) in [4.78, 5) is 29.5. The Kier molecular flexibility index (Phi) is 9.76. The maximum Gasteiger partial charge on any atom is 0.234 e. The number of carbonyl (C=O) groups is 2. The molecule has 0 spiro atoms. The van der Waals surface area contributed by atoms with Crippen LogP contribution in [0, 0.1) is 0 Å². The molecule has 7 heteroatoms. The minimum atomic E-state index is -0.0378. The van der Waals surface area contributed by atoms with Gasteiger partial charge in [0.05, 0.1) is 25.8 Å². The maximum absolute atomic E-state index is 12.8. The number of nitrogens with zero attached hydrogens (tertiary/aromatic N) is 2. The van der Waals surface area contributed by atoms with Gasteiger partial charge in [-0.3, -0.25) is 14.5 Å². The number of aryl methyl sites for hydroxylation is 1. The van der Waals surface area contributed by atoms with E-state index in [-0.39, 0.29) is 24.5 Å². The number of aliphatic hydroxyl groups is 1. The van der Waals surface area contributed by atoms with Gasteiger partial charge in [-0.15, -0.1) is 0 Å². The molecule has 0 aliphatic carbocycles. The zero-order valence-electron chi connectivity index (χ0n) is 21.2. The van der Waals surface area contributed by atoms with Gasteiger partial charge in [-0.2, -0.15) is 0 Å². The summed E-state index contributed by atoms with van der Waals surface area (Å²) in [5.41, 5.74) is 3.28. The summed E-state index contributed by atoms with van der Waals surface area (Å²) in [5, 5.41) is 12.6. The van der Waals surface area contributed by atoms with Crippen molar-refractivity contribution in [2.24, 2.45) is 0 Å². The van der Waals surface area contributed by atoms with E-state index in [1.807, 2.05) is 35.2 Å². The van der Waals surface area contributed by atoms with Crippen molar-refractivity contribution in [2.45, 2.75) is 64.1 Å². The van der Waals surface area contributed by atoms with Gasteiger partial charge in [0.2, 0.25) is 11.8 Å². The number of hydrogen-bond acceptors (Lipinski definition) is 5. The SMILES string of the molecule is O=C1CN(Cc2ccccc2)Cc2cc(CCC(=O)N3CCCC3CO)ccc2OCCCCCN1. The quantitative estimate of drug-likeness (QED) is 0.646. The van der Waals surface area contributed by atoms with Crippen molar-refractivity contribution in [1.82, 2.24) is 15.1 Å². The number of carbonyl (C=O) groups excluding carboxylic acids is 2. The third kappa shape index (κ3) is 7.55. The average molecular weight is 494 g/mol. The van der Waals surface area contributed by atoms with Crippen molar-refractivity contribution in [1.29, 1.82) is 0 Å². The number of fused-ring (bicyclic) bond motifs is 1. The third-order valence-corrected chi connectivity index (χ3v) is 7.07. The lowest BCUT2D eigenvalue weighted by atomic mass is 10.0. The first-order valence-corrected chi connectivity index (χ1v) is 13.3. The first-order valence-electron chi connectivity index (χ1n) is 13.3. The van der Waals surface area contributed by atoms with E-state index in [4.69, 9.17) is 4.74 Å². The summed E-state index contributed by atoms with van der Waals surface area (Å²) < 4.78 is 6.18. The molecule has 1 fully saturated rings. The van der Waals surface area contributed by atoms with E-state index in [0.717, 1.165) is 61.1 Å². The fourth-order valence-electron chi connectivity index (χ4n) is 5.12. The molecule has 0 radical (unpaired) electrons. The van der Waals surface area contributed by atoms with E-state index in [0.29, 0.717) is 45.6 Å². The second kappa shape index (κ2) is 13.4. The van der Waals surface area contributed by atoms with Crippen LogP contribution in [0.15, 0.2) is 48.5 Å². The Morgan fingerprint density at radius 3 is 2.72 bits per heavy atom. The van der Waals surface area contributed by atoms with Crippen LogP contribution in [0.5, 0.6) is 5.75 Å². The molecule has 2 aromatic carbocycles. The van der Waals surface area contributed by atoms with Crippen LogP contribution in [0.2, 0.25) is 0 Å². The number of hydrogen-bond donors (Lipinski definition) is 2. The molecule has 2 aromatic rings. The minimum Gasteiger partial charge on any atom is -0.493 e. The van der Waals surface area contributed by atoms with Crippen LogP contribution < -0.4 is 10.1 Å². The highest BCUT2D eigenvalue weighted by Gasteiger charge is 2.27. The van der Waals surface area contributed by atoms with E-state index < -0.39 is 0 Å². The molecule has 1 unspecified atom stereocenters. The number of amides is 2. The van der Waals surface area contributed by atoms with Crippen molar-refractivity contribution in [2.75, 3.05) is 32.8 Å². The zero-order chi connectivity index (χ0) is 25.2. The van der Waals surface area contributed by atoms with Gasteiger partial charge >= 0.3 is 0 Å². The van der Waals surface area contributed by atoms with Crippen LogP contribution in [0.25, 0.3) is 0 Å². The monoisotopic (exact) mass is 493 g/mol. The lowest BCUT2D eigenvalue weighted by Crippen LogP contribution is -2.37. The lowest BCUT2D eigenvalue weighted by molar-refractivity contribution is -0.132. The predicted octanol–water partition coefficient (Wildman–Crippen LogP) is 3.28. The van der Waals surface area contributed by atoms with Crippen molar-refractivity contribution in [3.63, 3.8) is 0 Å². The van der Waals surface area contributed by atoms with Crippen LogP contribution in [0.1, 0.15) is 55.2 Å². The number of rotatable bonds is 6. The Balaban J connectivity index is 1.50. The van der Waals surface area contributed by atoms with Gasteiger partial charge < -0.3 is 20.1 Å². The first kappa shape index (κ1) is 26.2. The Morgan fingerprint density at radius 1 is 1.03 bits per heavy atom. The van der Waals surface area contributed by atoms with E-state index in [1.54, 1.807) is 0 Å². The third-order valence-electron chi connectivity index (χ3n) is 7.07. The summed E-state index contributed by atoms with van der Waals surface area (Å²) in [5.74, 6) is 0.996. The number of likely N-dealkylation sites (tertiary alicyclic amines) is 1. The lowest BCUT2D eigenvalue weighted by Gasteiger charge is -2.24. The molecule has 2 heterocycles. The van der Waals surface area contributed by atoms with E-state index in [1.165, 1.54) is 0 Å². The number of aliphatic hydroxyl groups excluding tert-OH is 1. The van der Waals surface area contributed by atoms with Crippen molar-refractivity contribution < 1.29 is 19.4 Å². The predicted molar refractivity (Wildman–Crippen MR) is 139 cm³/mol. The summed E-state index contributed by atoms with van der Waals surface area (Å²) in [6.07, 6.45) is 5.80. The molecule has 36 heavy (non-hydrogen) atoms. The van der Waals surface area contributed by atoms with Crippen LogP contribution in [0.4, 0.5) is 0 Å². The smallest absolute Gasteiger partial charge is 0.234 e. The van der Waals surface area contributed by atoms with Crippen LogP contribution >= 0.6 is 0 Å². The second-order valence-electron chi connectivity index (χ2n) is 9.90. The zero-order valence-corrected chi connectivity index (χ0v) is 21.2. The highest BCUT2D eigenvalue weighted by atomic mass is 16.5. The van der Waals surface area contributed by atoms with Gasteiger partial charge in [0.15, 0.2) is 0 Å². The minimum absolute atomic E-state index is 0.0345. The second-order valence-corrected chi connectivity index (χ2v) is 9.90. The molecule has 2 N–H and O–H groups in total. The average Bonchev–Trinajstić information content (AvgIpc) is 3.37. The normalized spacial score (nSPS) is 19.9. The molecule has 2 amide bonds. The summed E-state index contributed by atoms with van der Waals surface area (Å²) >= 11 is 0. The van der Waals surface area contributed by atoms with Crippen molar-refractivity contribution in [3.8, 4) is 5.75 Å². The number of ether oxygens (including phenoxy) is 1. The molecule has 0 saturated carbocycles. The summed E-state index contributed by atoms with van der Waals surface area (Å²) in [6.45, 7) is 3.66. The topological polar surface area (TPSA) is 82.1 Å². The molecule has 0 bridgehead atoms. The largest absolute Gasteiger partial charge is 0.493 e. The first-order chi connectivity index (χ1) is 17.6. The Bertz CT molecular complexity index is 997. The highest BCUT2D eigenvalue weighted by molar-refractivity contribution is 5.78. The molecule has 1 saturated heterocycles. The molecular weight excluding hydrogens is 454 g/mol. The fourth-order valence-corrected chi connectivity index (χ4v) is 5.12. The van der Waals surface area contributed by atoms with Gasteiger partial charge in [-0.25, -0.2) is 0 Å². The highest BCUT2D eigenvalue weighted by Crippen LogP contribution is 2.25. The maximum atomic E-state index is 12.8. The molecule has 2 aliphatic rings. The standard InChI is InChI=1S/C29H39N3O4/c33-22-26-10-7-16-32(26)29(35)14-12-23-11-13-27-25(18-23)20-31(19-24-8-3-1-4-9-24)21-28(34)30-15-5-2-6-17-36-27/h1,3-4,8-9,11,13,18,26,33H,2,5-7,10,12,14-17,19-22H2,(H,30,34). The van der Waals surface area contributed by atoms with Crippen LogP contribution in [-0.2, 0) is 29.1 Å². The summed E-state index contributed by atoms with van der Waals surface area (Å²) in [6, 6.07) is 16.3. The van der Waals surface area contributed by atoms with Gasteiger partial charge in [0.1, 0.15) is 5.75 Å². The Labute approximate surface area is 214 Å². The molecule has 7 nitrogen and oxygen atoms in total. The molecule has 0 aromatic heterocycles. The van der Waals surface area contributed by atoms with E-state index >= 15 is 0 Å². The number of nitrogens with one attached hydrogen (secondary N) is 1. The molecular formula is C29H39N3O4. The van der Waals surface area contributed by atoms with E-state index in [2.05, 4.69) is 28.4 Å². The Hall–Kier alpha value is -2.90. The number of benzene rings is 2. The molecule has 2 aliphatic heterocycles. The van der Waals surface area contributed by atoms with Gasteiger partial charge in [0, 0.05) is 38.2 Å². The molecule has 4 rings (SSSR count). The summed E-state index contributed by atoms with van der Waals surface area (Å²) in [7, 11) is 0. The van der Waals surface area contributed by atoms with Crippen molar-refractivity contribution >= 4 is 11.8 Å². The fraction of sp³-hybridized carbons (Fsp3) is 0.517. The van der Waals surface area contributed by atoms with Crippen molar-refractivity contribution in [3.05, 3.63) is 65.2 Å². The van der Waals surface area contributed by atoms with Crippen LogP contribution in [-0.4, -0.2) is 65.6 Å². The van der Waals surface area contributed by atoms with Crippen LogP contribution in [0.3, 0.4) is 0 Å². The Morgan fingerprint density at radius 2 is 1.89 bits per heavy atom.